The summed E-state index contributed by atoms with van der Waals surface area (Å²) in [4.78, 5) is 16.2. The van der Waals surface area contributed by atoms with Crippen LogP contribution < -0.4 is 11.1 Å². The Hall–Kier alpha value is -1.82. The molecule has 0 radical (unpaired) electrons. The number of nitrogens with one attached hydrogen (secondary N) is 1. The normalized spacial score (nSPS) is 12.3. The molecule has 1 atom stereocenters. The van der Waals surface area contributed by atoms with Crippen molar-refractivity contribution in [3.63, 3.8) is 0 Å². The van der Waals surface area contributed by atoms with E-state index in [1.165, 1.54) is 0 Å². The molecule has 2 aromatic heterocycles. The number of anilines is 1. The monoisotopic (exact) mass is 264 g/mol. The van der Waals surface area contributed by atoms with Crippen LogP contribution in [-0.2, 0) is 7.05 Å². The van der Waals surface area contributed by atoms with Crippen molar-refractivity contribution < 1.29 is 4.79 Å². The predicted molar refractivity (Wildman–Crippen MR) is 72.7 cm³/mol. The van der Waals surface area contributed by atoms with Crippen molar-refractivity contribution in [2.45, 2.75) is 12.8 Å². The molecule has 1 amide bonds. The highest BCUT2D eigenvalue weighted by Crippen LogP contribution is 2.16. The number of carbonyl (C=O) groups excluding carboxylic acids is 1. The fraction of sp³-hybridized carbons (Fsp3) is 0.333. The third-order valence-corrected chi connectivity index (χ3v) is 3.71. The molecule has 0 aromatic carbocycles. The Kier molecular flexibility index (Phi) is 3.66. The molecule has 0 aliphatic carbocycles. The van der Waals surface area contributed by atoms with Crippen molar-refractivity contribution in [2.24, 2.45) is 7.05 Å². The third kappa shape index (κ3) is 2.70. The average Bonchev–Trinajstić information content (AvgIpc) is 2.95. The molecule has 0 bridgehead atoms. The smallest absolute Gasteiger partial charge is 0.267 e. The first-order valence-corrected chi connectivity index (χ1v) is 6.55. The van der Waals surface area contributed by atoms with Gasteiger partial charge in [-0.05, 0) is 6.07 Å². The molecule has 0 saturated heterocycles. The highest BCUT2D eigenvalue weighted by Gasteiger charge is 2.13. The van der Waals surface area contributed by atoms with Crippen LogP contribution in [0.1, 0.15) is 28.3 Å². The second-order valence-corrected chi connectivity index (χ2v) is 5.18. The molecule has 0 aliphatic heterocycles. The summed E-state index contributed by atoms with van der Waals surface area (Å²) < 4.78 is 1.72. The van der Waals surface area contributed by atoms with Gasteiger partial charge in [0.25, 0.3) is 5.91 Å². The van der Waals surface area contributed by atoms with Crippen LogP contribution in [0, 0.1) is 0 Å². The van der Waals surface area contributed by atoms with Gasteiger partial charge in [0, 0.05) is 37.3 Å². The molecule has 5 nitrogen and oxygen atoms in total. The van der Waals surface area contributed by atoms with Gasteiger partial charge in [0.05, 0.1) is 10.7 Å². The molecular weight excluding hydrogens is 248 g/mol. The van der Waals surface area contributed by atoms with Gasteiger partial charge >= 0.3 is 0 Å². The van der Waals surface area contributed by atoms with Crippen LogP contribution in [-0.4, -0.2) is 22.0 Å². The Morgan fingerprint density at radius 1 is 1.67 bits per heavy atom. The zero-order valence-electron chi connectivity index (χ0n) is 10.4. The number of aromatic nitrogens is 2. The van der Waals surface area contributed by atoms with Gasteiger partial charge in [-0.2, -0.15) is 0 Å². The summed E-state index contributed by atoms with van der Waals surface area (Å²) in [6, 6.07) is 1.67. The minimum atomic E-state index is -0.113. The summed E-state index contributed by atoms with van der Waals surface area (Å²) in [6.07, 6.45) is 3.50. The number of nitrogens with two attached hydrogens (primary N) is 1. The van der Waals surface area contributed by atoms with Crippen molar-refractivity contribution in [3.05, 3.63) is 34.5 Å². The molecule has 6 heteroatoms. The lowest BCUT2D eigenvalue weighted by Crippen LogP contribution is -2.28. The van der Waals surface area contributed by atoms with Crippen LogP contribution in [0.4, 0.5) is 5.69 Å². The van der Waals surface area contributed by atoms with Crippen molar-refractivity contribution in [2.75, 3.05) is 12.3 Å². The second-order valence-electron chi connectivity index (χ2n) is 4.25. The fourth-order valence-corrected chi connectivity index (χ4v) is 2.42. The number of aryl methyl sites for hydroxylation is 1. The maximum atomic E-state index is 11.9. The summed E-state index contributed by atoms with van der Waals surface area (Å²) >= 11 is 1.60. The molecule has 2 rings (SSSR count). The molecule has 0 spiro atoms. The van der Waals surface area contributed by atoms with E-state index in [9.17, 15) is 4.79 Å². The van der Waals surface area contributed by atoms with E-state index in [1.54, 1.807) is 41.4 Å². The SMILES string of the molecule is CC(CNC(=O)c1cc(N)cn1C)c1nccs1. The molecule has 0 saturated carbocycles. The van der Waals surface area contributed by atoms with Crippen molar-refractivity contribution in [1.29, 1.82) is 0 Å². The molecule has 96 valence electrons. The number of amides is 1. The van der Waals surface area contributed by atoms with Gasteiger partial charge < -0.3 is 15.6 Å². The van der Waals surface area contributed by atoms with E-state index in [0.717, 1.165) is 5.01 Å². The van der Waals surface area contributed by atoms with Crippen LogP contribution >= 0.6 is 11.3 Å². The summed E-state index contributed by atoms with van der Waals surface area (Å²) in [5.41, 5.74) is 6.80. The lowest BCUT2D eigenvalue weighted by atomic mass is 10.2. The summed E-state index contributed by atoms with van der Waals surface area (Å²) in [5, 5.41) is 5.86. The number of carbonyl (C=O) groups is 1. The Balaban J connectivity index is 1.94. The molecule has 3 N–H and O–H groups in total. The van der Waals surface area contributed by atoms with E-state index in [0.29, 0.717) is 17.9 Å². The number of nitrogens with zero attached hydrogens (tertiary/aromatic N) is 2. The van der Waals surface area contributed by atoms with E-state index in [1.807, 2.05) is 12.3 Å². The lowest BCUT2D eigenvalue weighted by Gasteiger charge is -2.10. The maximum absolute atomic E-state index is 11.9. The van der Waals surface area contributed by atoms with Crippen molar-refractivity contribution in [3.8, 4) is 0 Å². The van der Waals surface area contributed by atoms with E-state index in [2.05, 4.69) is 10.3 Å². The Morgan fingerprint density at radius 3 is 3.00 bits per heavy atom. The molecule has 2 heterocycles. The average molecular weight is 264 g/mol. The zero-order valence-corrected chi connectivity index (χ0v) is 11.2. The first kappa shape index (κ1) is 12.6. The second kappa shape index (κ2) is 5.22. The minimum Gasteiger partial charge on any atom is -0.397 e. The molecular formula is C12H16N4OS. The van der Waals surface area contributed by atoms with Gasteiger partial charge in [-0.25, -0.2) is 4.98 Å². The standard InChI is InChI=1S/C12H16N4OS/c1-8(12-14-3-4-18-12)6-15-11(17)10-5-9(13)7-16(10)2/h3-5,7-8H,6,13H2,1-2H3,(H,15,17). The quantitative estimate of drug-likeness (QED) is 0.881. The van der Waals surface area contributed by atoms with Gasteiger partial charge in [-0.3, -0.25) is 4.79 Å². The van der Waals surface area contributed by atoms with Gasteiger partial charge in [0.1, 0.15) is 5.69 Å². The van der Waals surface area contributed by atoms with E-state index >= 15 is 0 Å². The number of nitrogen functional groups attached to an aromatic ring is 1. The van der Waals surface area contributed by atoms with Gasteiger partial charge in [-0.15, -0.1) is 11.3 Å². The Labute approximate surface area is 110 Å². The van der Waals surface area contributed by atoms with Crippen molar-refractivity contribution >= 4 is 22.9 Å². The van der Waals surface area contributed by atoms with E-state index < -0.39 is 0 Å². The molecule has 1 unspecified atom stereocenters. The maximum Gasteiger partial charge on any atom is 0.267 e. The van der Waals surface area contributed by atoms with Gasteiger partial charge in [-0.1, -0.05) is 6.92 Å². The Bertz CT molecular complexity index is 532. The highest BCUT2D eigenvalue weighted by molar-refractivity contribution is 7.09. The van der Waals surface area contributed by atoms with Crippen LogP contribution in [0.2, 0.25) is 0 Å². The van der Waals surface area contributed by atoms with Crippen LogP contribution in [0.25, 0.3) is 0 Å². The summed E-state index contributed by atoms with van der Waals surface area (Å²) in [6.45, 7) is 2.61. The first-order valence-electron chi connectivity index (χ1n) is 5.67. The van der Waals surface area contributed by atoms with Gasteiger partial charge in [0.15, 0.2) is 0 Å². The number of hydrogen-bond donors (Lipinski definition) is 2. The topological polar surface area (TPSA) is 72.9 Å². The number of thiazole rings is 1. The van der Waals surface area contributed by atoms with Crippen LogP contribution in [0.15, 0.2) is 23.8 Å². The summed E-state index contributed by atoms with van der Waals surface area (Å²) in [7, 11) is 1.80. The third-order valence-electron chi connectivity index (χ3n) is 2.70. The molecule has 0 fully saturated rings. The zero-order chi connectivity index (χ0) is 13.1. The number of rotatable bonds is 4. The van der Waals surface area contributed by atoms with Crippen LogP contribution in [0.3, 0.4) is 0 Å². The van der Waals surface area contributed by atoms with E-state index in [4.69, 9.17) is 5.73 Å². The molecule has 18 heavy (non-hydrogen) atoms. The predicted octanol–water partition coefficient (Wildman–Crippen LogP) is 1.60. The van der Waals surface area contributed by atoms with Crippen molar-refractivity contribution in [1.82, 2.24) is 14.9 Å². The number of hydrogen-bond acceptors (Lipinski definition) is 4. The molecule has 2 aromatic rings. The minimum absolute atomic E-state index is 0.113. The Morgan fingerprint density at radius 2 is 2.44 bits per heavy atom. The largest absolute Gasteiger partial charge is 0.397 e. The highest BCUT2D eigenvalue weighted by atomic mass is 32.1. The lowest BCUT2D eigenvalue weighted by molar-refractivity contribution is 0.0943. The van der Waals surface area contributed by atoms with Crippen LogP contribution in [0.5, 0.6) is 0 Å². The first-order chi connectivity index (χ1) is 8.58. The fourth-order valence-electron chi connectivity index (χ4n) is 1.72. The summed E-state index contributed by atoms with van der Waals surface area (Å²) in [5.74, 6) is 0.101. The van der Waals surface area contributed by atoms with Gasteiger partial charge in [0.2, 0.25) is 0 Å². The molecule has 0 aliphatic rings. The van der Waals surface area contributed by atoms with E-state index in [-0.39, 0.29) is 11.8 Å².